The molecule has 11 heteroatoms. The number of H-pyrrole nitrogens is 1. The summed E-state index contributed by atoms with van der Waals surface area (Å²) in [6, 6.07) is 9.50. The lowest BCUT2D eigenvalue weighted by Crippen LogP contribution is -2.29. The van der Waals surface area contributed by atoms with E-state index in [9.17, 15) is 22.8 Å². The Morgan fingerprint density at radius 3 is 2.71 bits per heavy atom. The van der Waals surface area contributed by atoms with E-state index in [4.69, 9.17) is 11.6 Å². The Balaban J connectivity index is 1.65. The lowest BCUT2D eigenvalue weighted by Gasteiger charge is -2.08. The van der Waals surface area contributed by atoms with Crippen LogP contribution in [0.2, 0.25) is 0 Å². The van der Waals surface area contributed by atoms with E-state index in [1.165, 1.54) is 46.9 Å². The summed E-state index contributed by atoms with van der Waals surface area (Å²) in [5.41, 5.74) is 0.820. The monoisotopic (exact) mass is 481 g/mol. The molecule has 3 heterocycles. The van der Waals surface area contributed by atoms with Crippen molar-refractivity contribution in [2.45, 2.75) is 6.18 Å². The summed E-state index contributed by atoms with van der Waals surface area (Å²) in [6.07, 6.45) is -3.56. The van der Waals surface area contributed by atoms with Crippen molar-refractivity contribution in [3.63, 3.8) is 0 Å². The van der Waals surface area contributed by atoms with Crippen molar-refractivity contribution >= 4 is 67.2 Å². The number of alkyl halides is 3. The summed E-state index contributed by atoms with van der Waals surface area (Å²) < 4.78 is 37.3. The zero-order valence-electron chi connectivity index (χ0n) is 15.3. The molecule has 158 valence electrons. The van der Waals surface area contributed by atoms with Crippen LogP contribution in [-0.4, -0.2) is 22.1 Å². The van der Waals surface area contributed by atoms with Crippen LogP contribution >= 0.6 is 34.3 Å². The molecule has 0 aliphatic rings. The molecule has 3 aromatic heterocycles. The highest BCUT2D eigenvalue weighted by molar-refractivity contribution is 7.18. The Kier molecular flexibility index (Phi) is 5.69. The smallest absolute Gasteiger partial charge is 0.318 e. The van der Waals surface area contributed by atoms with E-state index in [1.54, 1.807) is 11.4 Å². The van der Waals surface area contributed by atoms with Crippen molar-refractivity contribution in [3.05, 3.63) is 68.9 Å². The maximum absolute atomic E-state index is 12.7. The number of hydrogen-bond acceptors (Lipinski definition) is 5. The summed E-state index contributed by atoms with van der Waals surface area (Å²) >= 11 is 9.14. The van der Waals surface area contributed by atoms with E-state index >= 15 is 0 Å². The topological polar surface area (TPSA) is 74.8 Å². The third kappa shape index (κ3) is 4.55. The second-order valence-corrected chi connectivity index (χ2v) is 8.50. The minimum absolute atomic E-state index is 0.0451. The van der Waals surface area contributed by atoms with E-state index in [0.717, 1.165) is 10.4 Å². The molecule has 0 fully saturated rings. The number of hydrogen-bond donors (Lipinski definition) is 2. The number of fused-ring (bicyclic) bond motifs is 1. The van der Waals surface area contributed by atoms with Gasteiger partial charge < -0.3 is 10.3 Å². The van der Waals surface area contributed by atoms with Crippen molar-refractivity contribution in [2.24, 2.45) is 0 Å². The van der Waals surface area contributed by atoms with Crippen LogP contribution in [-0.2, 0) is 4.79 Å². The van der Waals surface area contributed by atoms with Crippen LogP contribution in [0, 0.1) is 0 Å². The molecule has 0 aliphatic heterocycles. The van der Waals surface area contributed by atoms with Crippen molar-refractivity contribution in [1.29, 1.82) is 0 Å². The Bertz CT molecular complexity index is 1360. The molecule has 0 saturated carbocycles. The summed E-state index contributed by atoms with van der Waals surface area (Å²) in [5.74, 6) is -1.95. The van der Waals surface area contributed by atoms with E-state index < -0.39 is 12.1 Å². The van der Waals surface area contributed by atoms with Crippen LogP contribution in [0.15, 0.2) is 52.0 Å². The molecule has 4 aromatic rings. The first-order valence-electron chi connectivity index (χ1n) is 8.63. The summed E-state index contributed by atoms with van der Waals surface area (Å²) in [5, 5.41) is 6.11. The second-order valence-electron chi connectivity index (χ2n) is 6.29. The molecule has 1 aromatic carbocycles. The summed E-state index contributed by atoms with van der Waals surface area (Å²) in [6.45, 7) is 0. The maximum Gasteiger partial charge on any atom is 0.471 e. The highest BCUT2D eigenvalue weighted by atomic mass is 35.5. The van der Waals surface area contributed by atoms with Crippen LogP contribution < -0.4 is 10.9 Å². The zero-order valence-corrected chi connectivity index (χ0v) is 17.7. The molecule has 0 unspecified atom stereocenters. The van der Waals surface area contributed by atoms with E-state index in [0.29, 0.717) is 15.8 Å². The van der Waals surface area contributed by atoms with Gasteiger partial charge >= 0.3 is 12.1 Å². The molecule has 31 heavy (non-hydrogen) atoms. The number of carbonyl (C=O) groups excluding carboxylic acids is 1. The van der Waals surface area contributed by atoms with E-state index in [1.807, 2.05) is 22.9 Å². The zero-order chi connectivity index (χ0) is 22.2. The number of nitrogens with one attached hydrogen (secondary N) is 2. The van der Waals surface area contributed by atoms with Gasteiger partial charge in [-0.15, -0.1) is 22.7 Å². The van der Waals surface area contributed by atoms with Gasteiger partial charge in [0.1, 0.15) is 4.83 Å². The number of amides is 1. The second kappa shape index (κ2) is 8.29. The lowest BCUT2D eigenvalue weighted by atomic mass is 10.2. The van der Waals surface area contributed by atoms with Crippen molar-refractivity contribution < 1.29 is 18.0 Å². The molecular weight excluding hydrogens is 471 g/mol. The Morgan fingerprint density at radius 2 is 2.00 bits per heavy atom. The van der Waals surface area contributed by atoms with Gasteiger partial charge in [-0.05, 0) is 35.2 Å². The maximum atomic E-state index is 12.7. The first-order chi connectivity index (χ1) is 14.7. The largest absolute Gasteiger partial charge is 0.471 e. The van der Waals surface area contributed by atoms with Crippen LogP contribution in [0.4, 0.5) is 18.9 Å². The van der Waals surface area contributed by atoms with Crippen molar-refractivity contribution in [3.8, 4) is 10.4 Å². The van der Waals surface area contributed by atoms with Crippen LogP contribution in [0.1, 0.15) is 11.4 Å². The summed E-state index contributed by atoms with van der Waals surface area (Å²) in [4.78, 5) is 32.3. The standard InChI is InChI=1S/C20H11ClF3N3O2S2/c21-13(8-10-3-1-4-11(7-10)25-19(29)20(22,23)24)16-26-17(28)15-12(9-31-18(15)27-16)14-5-2-6-30-14/h1-9H,(H,25,29)(H,26,27,28)/b13-8-. The number of anilines is 1. The van der Waals surface area contributed by atoms with Gasteiger partial charge in [0.15, 0.2) is 5.82 Å². The van der Waals surface area contributed by atoms with Crippen LogP contribution in [0.25, 0.3) is 31.8 Å². The van der Waals surface area contributed by atoms with Gasteiger partial charge in [0.2, 0.25) is 0 Å². The van der Waals surface area contributed by atoms with E-state index in [-0.39, 0.29) is 22.1 Å². The molecule has 0 saturated heterocycles. The van der Waals surface area contributed by atoms with Crippen molar-refractivity contribution in [1.82, 2.24) is 9.97 Å². The average Bonchev–Trinajstić information content (AvgIpc) is 3.37. The molecule has 1 amide bonds. The predicted molar refractivity (Wildman–Crippen MR) is 118 cm³/mol. The van der Waals surface area contributed by atoms with Crippen LogP contribution in [0.3, 0.4) is 0 Å². The molecule has 0 radical (unpaired) electrons. The normalized spacial score (nSPS) is 12.3. The Hall–Kier alpha value is -2.95. The minimum atomic E-state index is -5.00. The molecule has 4 rings (SSSR count). The first kappa shape index (κ1) is 21.3. The number of halogens is 4. The average molecular weight is 482 g/mol. The summed E-state index contributed by atoms with van der Waals surface area (Å²) in [7, 11) is 0. The molecule has 2 N–H and O–H groups in total. The number of nitrogens with zero attached hydrogens (tertiary/aromatic N) is 1. The Morgan fingerprint density at radius 1 is 1.19 bits per heavy atom. The number of aromatic amines is 1. The number of benzene rings is 1. The third-order valence-corrected chi connectivity index (χ3v) is 6.22. The van der Waals surface area contributed by atoms with Gasteiger partial charge in [-0.3, -0.25) is 9.59 Å². The molecular formula is C20H11ClF3N3O2S2. The van der Waals surface area contributed by atoms with Crippen molar-refractivity contribution in [2.75, 3.05) is 5.32 Å². The van der Waals surface area contributed by atoms with Gasteiger partial charge in [0.05, 0.1) is 10.4 Å². The van der Waals surface area contributed by atoms with Gasteiger partial charge in [-0.2, -0.15) is 13.2 Å². The Labute approximate surface area is 185 Å². The van der Waals surface area contributed by atoms with Gasteiger partial charge in [-0.1, -0.05) is 29.8 Å². The number of aromatic nitrogens is 2. The quantitative estimate of drug-likeness (QED) is 0.378. The fraction of sp³-hybridized carbons (Fsp3) is 0.0500. The van der Waals surface area contributed by atoms with E-state index in [2.05, 4.69) is 9.97 Å². The molecule has 5 nitrogen and oxygen atoms in total. The minimum Gasteiger partial charge on any atom is -0.318 e. The highest BCUT2D eigenvalue weighted by Gasteiger charge is 2.38. The van der Waals surface area contributed by atoms with Gasteiger partial charge in [-0.25, -0.2) is 4.98 Å². The molecule has 0 bridgehead atoms. The molecule has 0 aliphatic carbocycles. The fourth-order valence-electron chi connectivity index (χ4n) is 2.80. The van der Waals surface area contributed by atoms with Gasteiger partial charge in [0.25, 0.3) is 5.56 Å². The highest BCUT2D eigenvalue weighted by Crippen LogP contribution is 2.34. The number of carbonyl (C=O) groups is 1. The first-order valence-corrected chi connectivity index (χ1v) is 10.8. The number of rotatable bonds is 4. The predicted octanol–water partition coefficient (Wildman–Crippen LogP) is 5.95. The fourth-order valence-corrected chi connectivity index (χ4v) is 4.78. The third-order valence-electron chi connectivity index (χ3n) is 4.15. The SMILES string of the molecule is O=C(Nc1cccc(/C=C(\Cl)c2nc3scc(-c4cccs4)c3c(=O)[nH]2)c1)C(F)(F)F. The van der Waals surface area contributed by atoms with Gasteiger partial charge in [0, 0.05) is 21.5 Å². The lowest BCUT2D eigenvalue weighted by molar-refractivity contribution is -0.167. The number of thiophene rings is 2. The van der Waals surface area contributed by atoms with Crippen LogP contribution in [0.5, 0.6) is 0 Å². The molecule has 0 atom stereocenters. The molecule has 0 spiro atoms.